The van der Waals surface area contributed by atoms with Crippen molar-refractivity contribution >= 4 is 29.9 Å². The molecule has 5 nitrogen and oxygen atoms in total. The molecule has 3 N–H and O–H groups in total. The molecule has 1 aromatic carbocycles. The number of hydrogen-bond acceptors (Lipinski definition) is 2. The molecule has 1 heterocycles. The Morgan fingerprint density at radius 2 is 1.96 bits per heavy atom. The standard InChI is InChI=1S/C18H25N5.HI/c1-18(2,3)21-17(19)20-12-15-14-10-7-11-16(14)23(22-15)13-8-5-4-6-9-13;/h4-6,8-9H,7,10-12H2,1-3H3,(H3,19,20,21);1H. The normalized spacial score (nSPS) is 14.2. The number of nitrogens with two attached hydrogens (primary N) is 1. The van der Waals surface area contributed by atoms with E-state index in [1.165, 1.54) is 17.7 Å². The Labute approximate surface area is 160 Å². The molecule has 0 unspecified atom stereocenters. The highest BCUT2D eigenvalue weighted by molar-refractivity contribution is 14.0. The predicted molar refractivity (Wildman–Crippen MR) is 109 cm³/mol. The van der Waals surface area contributed by atoms with Gasteiger partial charge in [-0.25, -0.2) is 9.67 Å². The average molecular weight is 439 g/mol. The number of hydrogen-bond donors (Lipinski definition) is 2. The molecule has 0 aliphatic heterocycles. The van der Waals surface area contributed by atoms with E-state index in [1.807, 2.05) is 18.2 Å². The zero-order chi connectivity index (χ0) is 16.4. The second kappa shape index (κ2) is 7.55. The van der Waals surface area contributed by atoms with Crippen molar-refractivity contribution < 1.29 is 0 Å². The van der Waals surface area contributed by atoms with E-state index in [0.29, 0.717) is 12.5 Å². The molecule has 130 valence electrons. The first kappa shape index (κ1) is 18.8. The zero-order valence-electron chi connectivity index (χ0n) is 14.5. The van der Waals surface area contributed by atoms with Gasteiger partial charge in [0.25, 0.3) is 0 Å². The summed E-state index contributed by atoms with van der Waals surface area (Å²) in [6.45, 7) is 6.72. The van der Waals surface area contributed by atoms with Crippen molar-refractivity contribution in [2.24, 2.45) is 10.7 Å². The third kappa shape index (κ3) is 4.28. The number of fused-ring (bicyclic) bond motifs is 1. The van der Waals surface area contributed by atoms with Crippen LogP contribution in [-0.4, -0.2) is 21.3 Å². The molecule has 0 amide bonds. The highest BCUT2D eigenvalue weighted by Crippen LogP contribution is 2.28. The maximum absolute atomic E-state index is 5.98. The van der Waals surface area contributed by atoms with Crippen LogP contribution < -0.4 is 11.1 Å². The van der Waals surface area contributed by atoms with Crippen LogP contribution in [0.5, 0.6) is 0 Å². The summed E-state index contributed by atoms with van der Waals surface area (Å²) in [6, 6.07) is 10.3. The highest BCUT2D eigenvalue weighted by Gasteiger charge is 2.22. The molecule has 6 heteroatoms. The number of aromatic nitrogens is 2. The summed E-state index contributed by atoms with van der Waals surface area (Å²) in [5.41, 5.74) is 10.7. The van der Waals surface area contributed by atoms with Gasteiger partial charge in [-0.05, 0) is 57.7 Å². The van der Waals surface area contributed by atoms with Gasteiger partial charge in [0.2, 0.25) is 0 Å². The number of aliphatic imine (C=N–C) groups is 1. The van der Waals surface area contributed by atoms with Gasteiger partial charge in [-0.2, -0.15) is 5.10 Å². The van der Waals surface area contributed by atoms with Crippen LogP contribution in [0.1, 0.15) is 44.1 Å². The number of para-hydroxylation sites is 1. The summed E-state index contributed by atoms with van der Waals surface area (Å²) < 4.78 is 2.07. The molecule has 0 atom stereocenters. The van der Waals surface area contributed by atoms with Crippen LogP contribution in [0.2, 0.25) is 0 Å². The minimum absolute atomic E-state index is 0. The van der Waals surface area contributed by atoms with E-state index in [0.717, 1.165) is 24.2 Å². The molecule has 24 heavy (non-hydrogen) atoms. The SMILES string of the molecule is CC(C)(C)NC(N)=NCc1nn(-c2ccccc2)c2c1CCC2.I. The van der Waals surface area contributed by atoms with Gasteiger partial charge >= 0.3 is 0 Å². The molecule has 1 aromatic heterocycles. The summed E-state index contributed by atoms with van der Waals surface area (Å²) in [5, 5.41) is 7.99. The first-order valence-electron chi connectivity index (χ1n) is 8.17. The fourth-order valence-corrected chi connectivity index (χ4v) is 3.01. The molecule has 0 saturated carbocycles. The molecule has 3 rings (SSSR count). The lowest BCUT2D eigenvalue weighted by atomic mass is 10.1. The number of nitrogens with one attached hydrogen (secondary N) is 1. The second-order valence-corrected chi connectivity index (χ2v) is 7.05. The lowest BCUT2D eigenvalue weighted by Crippen LogP contribution is -2.45. The molecule has 1 aliphatic carbocycles. The summed E-state index contributed by atoms with van der Waals surface area (Å²) in [6.07, 6.45) is 3.35. The molecule has 1 aliphatic rings. The van der Waals surface area contributed by atoms with Crippen LogP contribution in [0.15, 0.2) is 35.3 Å². The quantitative estimate of drug-likeness (QED) is 0.439. The van der Waals surface area contributed by atoms with Gasteiger partial charge in [0.15, 0.2) is 5.96 Å². The van der Waals surface area contributed by atoms with E-state index in [2.05, 4.69) is 47.9 Å². The molecular weight excluding hydrogens is 413 g/mol. The average Bonchev–Trinajstić information content (AvgIpc) is 3.06. The molecule has 2 aromatic rings. The lowest BCUT2D eigenvalue weighted by molar-refractivity contribution is 0.508. The van der Waals surface area contributed by atoms with Crippen molar-refractivity contribution in [2.45, 2.75) is 52.1 Å². The summed E-state index contributed by atoms with van der Waals surface area (Å²) in [7, 11) is 0. The molecule has 0 saturated heterocycles. The van der Waals surface area contributed by atoms with Crippen LogP contribution in [0.4, 0.5) is 0 Å². The van der Waals surface area contributed by atoms with Gasteiger partial charge in [-0.3, -0.25) is 0 Å². The van der Waals surface area contributed by atoms with Gasteiger partial charge in [0.05, 0.1) is 17.9 Å². The van der Waals surface area contributed by atoms with E-state index < -0.39 is 0 Å². The van der Waals surface area contributed by atoms with Crippen molar-refractivity contribution in [1.29, 1.82) is 0 Å². The van der Waals surface area contributed by atoms with Crippen molar-refractivity contribution in [3.63, 3.8) is 0 Å². The van der Waals surface area contributed by atoms with Crippen LogP contribution in [-0.2, 0) is 19.4 Å². The predicted octanol–water partition coefficient (Wildman–Crippen LogP) is 3.18. The monoisotopic (exact) mass is 439 g/mol. The Morgan fingerprint density at radius 1 is 1.25 bits per heavy atom. The largest absolute Gasteiger partial charge is 0.370 e. The van der Waals surface area contributed by atoms with E-state index >= 15 is 0 Å². The number of guanidine groups is 1. The van der Waals surface area contributed by atoms with Crippen molar-refractivity contribution in [1.82, 2.24) is 15.1 Å². The fraction of sp³-hybridized carbons (Fsp3) is 0.444. The van der Waals surface area contributed by atoms with E-state index in [1.54, 1.807) is 0 Å². The Hall–Kier alpha value is -1.57. The number of benzene rings is 1. The number of rotatable bonds is 3. The van der Waals surface area contributed by atoms with Crippen molar-refractivity contribution in [3.05, 3.63) is 47.3 Å². The fourth-order valence-electron chi connectivity index (χ4n) is 3.01. The number of nitrogens with zero attached hydrogens (tertiary/aromatic N) is 3. The first-order chi connectivity index (χ1) is 10.9. The van der Waals surface area contributed by atoms with Crippen LogP contribution in [0.25, 0.3) is 5.69 Å². The summed E-state index contributed by atoms with van der Waals surface area (Å²) in [5.74, 6) is 0.471. The van der Waals surface area contributed by atoms with Crippen molar-refractivity contribution in [3.8, 4) is 5.69 Å². The Balaban J connectivity index is 0.00000208. The Kier molecular flexibility index (Phi) is 5.90. The van der Waals surface area contributed by atoms with Gasteiger partial charge < -0.3 is 11.1 Å². The minimum Gasteiger partial charge on any atom is -0.370 e. The van der Waals surface area contributed by atoms with Gasteiger partial charge in [0.1, 0.15) is 0 Å². The van der Waals surface area contributed by atoms with E-state index in [9.17, 15) is 0 Å². The highest BCUT2D eigenvalue weighted by atomic mass is 127. The van der Waals surface area contributed by atoms with Gasteiger partial charge in [-0.15, -0.1) is 24.0 Å². The Bertz CT molecular complexity index is 713. The van der Waals surface area contributed by atoms with Crippen LogP contribution >= 0.6 is 24.0 Å². The topological polar surface area (TPSA) is 68.2 Å². The smallest absolute Gasteiger partial charge is 0.189 e. The van der Waals surface area contributed by atoms with E-state index in [4.69, 9.17) is 10.8 Å². The van der Waals surface area contributed by atoms with Gasteiger partial charge in [-0.1, -0.05) is 18.2 Å². The van der Waals surface area contributed by atoms with Gasteiger partial charge in [0, 0.05) is 11.2 Å². The van der Waals surface area contributed by atoms with Crippen molar-refractivity contribution in [2.75, 3.05) is 0 Å². The third-order valence-electron chi connectivity index (χ3n) is 3.92. The maximum Gasteiger partial charge on any atom is 0.189 e. The molecule has 0 bridgehead atoms. The first-order valence-corrected chi connectivity index (χ1v) is 8.17. The Morgan fingerprint density at radius 3 is 2.62 bits per heavy atom. The van der Waals surface area contributed by atoms with Crippen LogP contribution in [0.3, 0.4) is 0 Å². The zero-order valence-corrected chi connectivity index (χ0v) is 16.9. The molecule has 0 radical (unpaired) electrons. The molecule has 0 fully saturated rings. The molecular formula is C18H26IN5. The van der Waals surface area contributed by atoms with E-state index in [-0.39, 0.29) is 29.5 Å². The maximum atomic E-state index is 5.98. The summed E-state index contributed by atoms with van der Waals surface area (Å²) >= 11 is 0. The molecule has 0 spiro atoms. The summed E-state index contributed by atoms with van der Waals surface area (Å²) in [4.78, 5) is 4.47. The second-order valence-electron chi connectivity index (χ2n) is 7.05. The third-order valence-corrected chi connectivity index (χ3v) is 3.92. The lowest BCUT2D eigenvalue weighted by Gasteiger charge is -2.20. The number of halogens is 1. The van der Waals surface area contributed by atoms with Crippen LogP contribution in [0, 0.1) is 0 Å². The minimum atomic E-state index is -0.0844.